The molecule has 2 fully saturated rings. The van der Waals surface area contributed by atoms with Crippen LogP contribution >= 0.6 is 0 Å². The molecular formula is C25H26N2O5. The van der Waals surface area contributed by atoms with Crippen LogP contribution in [0.25, 0.3) is 11.1 Å². The SMILES string of the molecule is O=C(NC1(C(=O)NC(CC2CC2)C(=O)O)CC1)OCC1c2ccccc2-c2ccccc21. The average molecular weight is 434 g/mol. The van der Waals surface area contributed by atoms with Crippen molar-refractivity contribution in [2.24, 2.45) is 5.92 Å². The quantitative estimate of drug-likeness (QED) is 0.590. The summed E-state index contributed by atoms with van der Waals surface area (Å²) in [4.78, 5) is 36.8. The smallest absolute Gasteiger partial charge is 0.408 e. The molecule has 2 aromatic carbocycles. The minimum absolute atomic E-state index is 0.0629. The number of aliphatic carboxylic acids is 1. The van der Waals surface area contributed by atoms with Gasteiger partial charge in [-0.2, -0.15) is 0 Å². The van der Waals surface area contributed by atoms with E-state index < -0.39 is 29.6 Å². The van der Waals surface area contributed by atoms with Crippen LogP contribution in [0.15, 0.2) is 48.5 Å². The molecule has 166 valence electrons. The van der Waals surface area contributed by atoms with Crippen molar-refractivity contribution < 1.29 is 24.2 Å². The fourth-order valence-electron chi connectivity index (χ4n) is 4.57. The van der Waals surface area contributed by atoms with Crippen molar-refractivity contribution in [3.63, 3.8) is 0 Å². The van der Waals surface area contributed by atoms with Crippen LogP contribution in [0.4, 0.5) is 4.79 Å². The summed E-state index contributed by atoms with van der Waals surface area (Å²) in [5, 5.41) is 14.7. The topological polar surface area (TPSA) is 105 Å². The van der Waals surface area contributed by atoms with Crippen LogP contribution in [0.1, 0.15) is 49.1 Å². The molecular weight excluding hydrogens is 408 g/mol. The van der Waals surface area contributed by atoms with Gasteiger partial charge >= 0.3 is 12.1 Å². The second kappa shape index (κ2) is 7.97. The number of amides is 2. The third kappa shape index (κ3) is 3.95. The van der Waals surface area contributed by atoms with E-state index in [9.17, 15) is 19.5 Å². The Balaban J connectivity index is 1.21. The lowest BCUT2D eigenvalue weighted by molar-refractivity contribution is -0.142. The van der Waals surface area contributed by atoms with Gasteiger partial charge in [0.1, 0.15) is 18.2 Å². The van der Waals surface area contributed by atoms with E-state index in [0.29, 0.717) is 25.2 Å². The van der Waals surface area contributed by atoms with Crippen molar-refractivity contribution in [2.75, 3.05) is 6.61 Å². The van der Waals surface area contributed by atoms with Gasteiger partial charge in [0.2, 0.25) is 5.91 Å². The van der Waals surface area contributed by atoms with Gasteiger partial charge in [-0.25, -0.2) is 9.59 Å². The van der Waals surface area contributed by atoms with Crippen molar-refractivity contribution in [2.45, 2.75) is 49.6 Å². The van der Waals surface area contributed by atoms with Gasteiger partial charge < -0.3 is 20.5 Å². The first-order chi connectivity index (χ1) is 15.5. The summed E-state index contributed by atoms with van der Waals surface area (Å²) < 4.78 is 5.55. The Morgan fingerprint density at radius 1 is 1.00 bits per heavy atom. The van der Waals surface area contributed by atoms with Gasteiger partial charge in [0.05, 0.1) is 0 Å². The number of carboxylic acid groups (broad SMARTS) is 1. The summed E-state index contributed by atoms with van der Waals surface area (Å²) in [6.07, 6.45) is 2.72. The van der Waals surface area contributed by atoms with E-state index in [1.165, 1.54) is 0 Å². The van der Waals surface area contributed by atoms with Crippen molar-refractivity contribution in [1.82, 2.24) is 10.6 Å². The largest absolute Gasteiger partial charge is 0.480 e. The predicted molar refractivity (Wildman–Crippen MR) is 117 cm³/mol. The molecule has 2 amide bonds. The number of benzene rings is 2. The third-order valence-corrected chi connectivity index (χ3v) is 6.74. The molecule has 0 saturated heterocycles. The van der Waals surface area contributed by atoms with Gasteiger partial charge in [0, 0.05) is 5.92 Å². The summed E-state index contributed by atoms with van der Waals surface area (Å²) in [5.74, 6) is -1.19. The van der Waals surface area contributed by atoms with Gasteiger partial charge in [-0.15, -0.1) is 0 Å². The van der Waals surface area contributed by atoms with Crippen molar-refractivity contribution in [3.05, 3.63) is 59.7 Å². The molecule has 0 aromatic heterocycles. The van der Waals surface area contributed by atoms with E-state index >= 15 is 0 Å². The number of carboxylic acids is 1. The fourth-order valence-corrected chi connectivity index (χ4v) is 4.57. The Morgan fingerprint density at radius 3 is 2.12 bits per heavy atom. The maximum absolute atomic E-state index is 12.7. The molecule has 2 saturated carbocycles. The highest BCUT2D eigenvalue weighted by atomic mass is 16.5. The molecule has 3 aliphatic rings. The van der Waals surface area contributed by atoms with Crippen LogP contribution in [0, 0.1) is 5.92 Å². The number of carbonyl (C=O) groups excluding carboxylic acids is 2. The van der Waals surface area contributed by atoms with E-state index in [4.69, 9.17) is 4.74 Å². The molecule has 3 N–H and O–H groups in total. The molecule has 32 heavy (non-hydrogen) atoms. The number of nitrogens with one attached hydrogen (secondary N) is 2. The molecule has 3 aliphatic carbocycles. The Morgan fingerprint density at radius 2 is 1.59 bits per heavy atom. The summed E-state index contributed by atoms with van der Waals surface area (Å²) in [6.45, 7) is 0.164. The zero-order valence-electron chi connectivity index (χ0n) is 17.7. The molecule has 0 bridgehead atoms. The molecule has 7 heteroatoms. The number of carbonyl (C=O) groups is 3. The van der Waals surface area contributed by atoms with Gasteiger partial charge in [0.25, 0.3) is 0 Å². The van der Waals surface area contributed by atoms with Gasteiger partial charge in [-0.3, -0.25) is 4.79 Å². The van der Waals surface area contributed by atoms with Crippen molar-refractivity contribution >= 4 is 18.0 Å². The number of alkyl carbamates (subject to hydrolysis) is 1. The number of hydrogen-bond donors (Lipinski definition) is 3. The van der Waals surface area contributed by atoms with Crippen molar-refractivity contribution in [3.8, 4) is 11.1 Å². The molecule has 1 unspecified atom stereocenters. The maximum Gasteiger partial charge on any atom is 0.408 e. The molecule has 5 rings (SSSR count). The second-order valence-corrected chi connectivity index (χ2v) is 9.08. The molecule has 0 spiro atoms. The lowest BCUT2D eigenvalue weighted by atomic mass is 9.98. The maximum atomic E-state index is 12.7. The van der Waals surface area contributed by atoms with Crippen LogP contribution in [0.5, 0.6) is 0 Å². The van der Waals surface area contributed by atoms with Crippen LogP contribution in [0.3, 0.4) is 0 Å². The van der Waals surface area contributed by atoms with Crippen LogP contribution < -0.4 is 10.6 Å². The molecule has 7 nitrogen and oxygen atoms in total. The summed E-state index contributed by atoms with van der Waals surface area (Å²) in [5.41, 5.74) is 3.45. The highest BCUT2D eigenvalue weighted by Crippen LogP contribution is 2.44. The van der Waals surface area contributed by atoms with E-state index in [-0.39, 0.29) is 12.5 Å². The van der Waals surface area contributed by atoms with Gasteiger partial charge in [-0.05, 0) is 47.4 Å². The third-order valence-electron chi connectivity index (χ3n) is 6.74. The average Bonchev–Trinajstić information content (AvgIpc) is 3.71. The summed E-state index contributed by atoms with van der Waals surface area (Å²) >= 11 is 0. The minimum Gasteiger partial charge on any atom is -0.480 e. The molecule has 0 heterocycles. The van der Waals surface area contributed by atoms with Crippen LogP contribution in [-0.2, 0) is 14.3 Å². The zero-order chi connectivity index (χ0) is 22.3. The van der Waals surface area contributed by atoms with E-state index in [0.717, 1.165) is 35.1 Å². The number of ether oxygens (including phenoxy) is 1. The van der Waals surface area contributed by atoms with Gasteiger partial charge in [0.15, 0.2) is 0 Å². The Kier molecular flexibility index (Phi) is 5.12. The van der Waals surface area contributed by atoms with Crippen LogP contribution in [0.2, 0.25) is 0 Å². The molecule has 0 aliphatic heterocycles. The fraction of sp³-hybridized carbons (Fsp3) is 0.400. The number of hydrogen-bond acceptors (Lipinski definition) is 4. The summed E-state index contributed by atoms with van der Waals surface area (Å²) in [6, 6.07) is 15.2. The van der Waals surface area contributed by atoms with Crippen LogP contribution in [-0.4, -0.2) is 41.3 Å². The first kappa shape index (κ1) is 20.5. The molecule has 1 atom stereocenters. The van der Waals surface area contributed by atoms with E-state index in [1.54, 1.807) is 0 Å². The number of fused-ring (bicyclic) bond motifs is 3. The zero-order valence-corrected chi connectivity index (χ0v) is 17.7. The molecule has 0 radical (unpaired) electrons. The van der Waals surface area contributed by atoms with E-state index in [2.05, 4.69) is 22.8 Å². The second-order valence-electron chi connectivity index (χ2n) is 9.08. The minimum atomic E-state index is -1.07. The standard InChI is InChI=1S/C25H26N2O5/c28-22(29)21(13-15-9-10-15)26-23(30)25(11-12-25)27-24(31)32-14-20-18-7-3-1-5-16(18)17-6-2-4-8-19(17)20/h1-8,15,20-21H,9-14H2,(H,26,30)(H,27,31)(H,28,29). The molecule has 2 aromatic rings. The summed E-state index contributed by atoms with van der Waals surface area (Å²) in [7, 11) is 0. The Labute approximate surface area is 186 Å². The predicted octanol–water partition coefficient (Wildman–Crippen LogP) is 3.43. The number of rotatable bonds is 8. The van der Waals surface area contributed by atoms with Gasteiger partial charge in [-0.1, -0.05) is 61.4 Å². The van der Waals surface area contributed by atoms with E-state index in [1.807, 2.05) is 36.4 Å². The first-order valence-electron chi connectivity index (χ1n) is 11.1. The highest BCUT2D eigenvalue weighted by Gasteiger charge is 2.52. The lowest BCUT2D eigenvalue weighted by Crippen LogP contribution is -2.53. The first-order valence-corrected chi connectivity index (χ1v) is 11.1. The highest BCUT2D eigenvalue weighted by molar-refractivity contribution is 5.95. The Bertz CT molecular complexity index is 1030. The van der Waals surface area contributed by atoms with Crippen molar-refractivity contribution in [1.29, 1.82) is 0 Å². The normalized spacial score (nSPS) is 18.8. The monoisotopic (exact) mass is 434 g/mol. The Hall–Kier alpha value is -3.35. The lowest BCUT2D eigenvalue weighted by Gasteiger charge is -2.21.